The second kappa shape index (κ2) is 6.74. The van der Waals surface area contributed by atoms with Crippen LogP contribution in [0.15, 0.2) is 24.3 Å². The number of likely N-dealkylation sites (tertiary alicyclic amines) is 1. The highest BCUT2D eigenvalue weighted by Gasteiger charge is 2.41. The highest BCUT2D eigenvalue weighted by molar-refractivity contribution is 6.02. The van der Waals surface area contributed by atoms with Crippen molar-refractivity contribution in [3.05, 3.63) is 29.8 Å². The molecular formula is C18H23N3O4. The van der Waals surface area contributed by atoms with Crippen LogP contribution in [0.25, 0.3) is 0 Å². The zero-order chi connectivity index (χ0) is 18.0. The molecule has 1 aromatic carbocycles. The molecule has 2 N–H and O–H groups in total. The second-order valence-electron chi connectivity index (χ2n) is 6.47. The molecule has 0 saturated carbocycles. The van der Waals surface area contributed by atoms with Crippen LogP contribution in [-0.2, 0) is 14.3 Å². The molecule has 2 aliphatic rings. The van der Waals surface area contributed by atoms with Gasteiger partial charge in [-0.15, -0.1) is 0 Å². The Hall–Kier alpha value is -2.57. The molecule has 1 spiro atoms. The minimum Gasteiger partial charge on any atom is -0.464 e. The van der Waals surface area contributed by atoms with Crippen molar-refractivity contribution in [2.75, 3.05) is 18.5 Å². The Labute approximate surface area is 146 Å². The molecule has 2 amide bonds. The number of hydrogen-bond donors (Lipinski definition) is 2. The molecule has 0 unspecified atom stereocenters. The lowest BCUT2D eigenvalue weighted by atomic mass is 9.95. The van der Waals surface area contributed by atoms with Crippen molar-refractivity contribution in [3.63, 3.8) is 0 Å². The number of rotatable bonds is 3. The summed E-state index contributed by atoms with van der Waals surface area (Å²) < 4.78 is 5.03. The topological polar surface area (TPSA) is 87.7 Å². The predicted octanol–water partition coefficient (Wildman–Crippen LogP) is 1.50. The van der Waals surface area contributed by atoms with Crippen molar-refractivity contribution >= 4 is 23.5 Å². The molecule has 25 heavy (non-hydrogen) atoms. The van der Waals surface area contributed by atoms with Gasteiger partial charge in [-0.3, -0.25) is 9.59 Å². The largest absolute Gasteiger partial charge is 0.464 e. The highest BCUT2D eigenvalue weighted by Crippen LogP contribution is 2.32. The van der Waals surface area contributed by atoms with Gasteiger partial charge in [0.15, 0.2) is 0 Å². The standard InChI is InChI=1S/C18H23N3O4/c1-3-25-17(24)12(2)21-11-10-18(9-8-15(21)22)19-14-7-5-4-6-13(14)16(23)20-18/h4-7,12,19H,3,8-11H2,1-2H3,(H,20,23)/t12-,18+/m1/s1. The van der Waals surface area contributed by atoms with Crippen LogP contribution in [0.4, 0.5) is 5.69 Å². The van der Waals surface area contributed by atoms with Crippen LogP contribution in [-0.4, -0.2) is 47.5 Å². The van der Waals surface area contributed by atoms with Crippen molar-refractivity contribution in [2.45, 2.75) is 44.8 Å². The van der Waals surface area contributed by atoms with Crippen LogP contribution in [0.1, 0.15) is 43.5 Å². The van der Waals surface area contributed by atoms with E-state index in [0.29, 0.717) is 24.9 Å². The summed E-state index contributed by atoms with van der Waals surface area (Å²) in [5.41, 5.74) is 0.690. The van der Waals surface area contributed by atoms with E-state index >= 15 is 0 Å². The molecule has 1 saturated heterocycles. The van der Waals surface area contributed by atoms with E-state index in [1.807, 2.05) is 18.2 Å². The molecule has 0 aliphatic carbocycles. The molecule has 7 heteroatoms. The van der Waals surface area contributed by atoms with Gasteiger partial charge in [-0.05, 0) is 32.4 Å². The average Bonchev–Trinajstić information content (AvgIpc) is 2.74. The van der Waals surface area contributed by atoms with Gasteiger partial charge in [0.05, 0.1) is 12.2 Å². The summed E-state index contributed by atoms with van der Waals surface area (Å²) in [7, 11) is 0. The normalized spacial score (nSPS) is 24.0. The van der Waals surface area contributed by atoms with E-state index in [-0.39, 0.29) is 24.8 Å². The van der Waals surface area contributed by atoms with Crippen molar-refractivity contribution in [1.29, 1.82) is 0 Å². The summed E-state index contributed by atoms with van der Waals surface area (Å²) in [6.45, 7) is 4.07. The Morgan fingerprint density at radius 1 is 1.28 bits per heavy atom. The number of nitrogens with one attached hydrogen (secondary N) is 2. The Morgan fingerprint density at radius 2 is 2.04 bits per heavy atom. The van der Waals surface area contributed by atoms with Crippen molar-refractivity contribution in [2.24, 2.45) is 0 Å². The van der Waals surface area contributed by atoms with Crippen LogP contribution in [0.3, 0.4) is 0 Å². The van der Waals surface area contributed by atoms with Gasteiger partial charge in [0.1, 0.15) is 11.7 Å². The first kappa shape index (κ1) is 17.3. The van der Waals surface area contributed by atoms with Gasteiger partial charge < -0.3 is 20.3 Å². The molecule has 7 nitrogen and oxygen atoms in total. The van der Waals surface area contributed by atoms with Gasteiger partial charge in [-0.1, -0.05) is 12.1 Å². The van der Waals surface area contributed by atoms with Crippen molar-refractivity contribution < 1.29 is 19.1 Å². The number of hydrogen-bond acceptors (Lipinski definition) is 5. The Kier molecular flexibility index (Phi) is 4.65. The van der Waals surface area contributed by atoms with E-state index in [0.717, 1.165) is 5.69 Å². The molecule has 3 rings (SSSR count). The van der Waals surface area contributed by atoms with Gasteiger partial charge in [0.2, 0.25) is 5.91 Å². The molecule has 1 fully saturated rings. The molecule has 2 heterocycles. The minimum absolute atomic E-state index is 0.104. The van der Waals surface area contributed by atoms with Crippen molar-refractivity contribution in [3.8, 4) is 0 Å². The summed E-state index contributed by atoms with van der Waals surface area (Å²) in [6, 6.07) is 6.68. The molecule has 134 valence electrons. The number of para-hydroxylation sites is 1. The summed E-state index contributed by atoms with van der Waals surface area (Å²) in [4.78, 5) is 38.5. The Balaban J connectivity index is 1.78. The van der Waals surface area contributed by atoms with Crippen molar-refractivity contribution in [1.82, 2.24) is 10.2 Å². The molecule has 2 aliphatic heterocycles. The third kappa shape index (κ3) is 3.31. The number of esters is 1. The maximum absolute atomic E-state index is 12.5. The van der Waals surface area contributed by atoms with E-state index in [9.17, 15) is 14.4 Å². The van der Waals surface area contributed by atoms with Crippen LogP contribution in [0.2, 0.25) is 0 Å². The van der Waals surface area contributed by atoms with Crippen LogP contribution >= 0.6 is 0 Å². The number of carbonyl (C=O) groups is 3. The fraction of sp³-hybridized carbons (Fsp3) is 0.500. The van der Waals surface area contributed by atoms with Gasteiger partial charge in [-0.25, -0.2) is 4.79 Å². The van der Waals surface area contributed by atoms with Gasteiger partial charge in [0.25, 0.3) is 5.91 Å². The molecule has 0 bridgehead atoms. The van der Waals surface area contributed by atoms with E-state index in [2.05, 4.69) is 10.6 Å². The fourth-order valence-electron chi connectivity index (χ4n) is 3.44. The Bertz CT molecular complexity index is 705. The lowest BCUT2D eigenvalue weighted by Gasteiger charge is -2.40. The first-order valence-electron chi connectivity index (χ1n) is 8.61. The monoisotopic (exact) mass is 345 g/mol. The third-order valence-electron chi connectivity index (χ3n) is 4.86. The van der Waals surface area contributed by atoms with E-state index in [4.69, 9.17) is 4.74 Å². The molecule has 0 aromatic heterocycles. The lowest BCUT2D eigenvalue weighted by Crippen LogP contribution is -2.58. The van der Waals surface area contributed by atoms with Crippen LogP contribution in [0, 0.1) is 0 Å². The van der Waals surface area contributed by atoms with E-state index in [1.165, 1.54) is 0 Å². The third-order valence-corrected chi connectivity index (χ3v) is 4.86. The summed E-state index contributed by atoms with van der Waals surface area (Å²) >= 11 is 0. The van der Waals surface area contributed by atoms with E-state index in [1.54, 1.807) is 24.8 Å². The summed E-state index contributed by atoms with van der Waals surface area (Å²) in [5, 5.41) is 6.41. The SMILES string of the molecule is CCOC(=O)[C@@H](C)N1CC[C@]2(CCC1=O)NC(=O)c1ccccc1N2. The van der Waals surface area contributed by atoms with E-state index < -0.39 is 17.7 Å². The second-order valence-corrected chi connectivity index (χ2v) is 6.47. The summed E-state index contributed by atoms with van der Waals surface area (Å²) in [5.74, 6) is -0.654. The zero-order valence-corrected chi connectivity index (χ0v) is 14.5. The molecule has 1 aromatic rings. The van der Waals surface area contributed by atoms with Gasteiger partial charge in [0, 0.05) is 25.1 Å². The average molecular weight is 345 g/mol. The fourth-order valence-corrected chi connectivity index (χ4v) is 3.44. The molecule has 0 radical (unpaired) electrons. The maximum Gasteiger partial charge on any atom is 0.328 e. The number of benzene rings is 1. The highest BCUT2D eigenvalue weighted by atomic mass is 16.5. The quantitative estimate of drug-likeness (QED) is 0.811. The number of anilines is 1. The predicted molar refractivity (Wildman–Crippen MR) is 91.9 cm³/mol. The Morgan fingerprint density at radius 3 is 2.80 bits per heavy atom. The number of fused-ring (bicyclic) bond motifs is 1. The zero-order valence-electron chi connectivity index (χ0n) is 14.5. The van der Waals surface area contributed by atoms with Gasteiger partial charge in [-0.2, -0.15) is 0 Å². The molecule has 2 atom stereocenters. The summed E-state index contributed by atoms with van der Waals surface area (Å²) in [6.07, 6.45) is 1.24. The molecular weight excluding hydrogens is 322 g/mol. The lowest BCUT2D eigenvalue weighted by molar-refractivity contribution is -0.153. The maximum atomic E-state index is 12.5. The number of carbonyl (C=O) groups excluding carboxylic acids is 3. The first-order valence-corrected chi connectivity index (χ1v) is 8.61. The first-order chi connectivity index (χ1) is 12.0. The number of nitrogens with zero attached hydrogens (tertiary/aromatic N) is 1. The minimum atomic E-state index is -0.676. The smallest absolute Gasteiger partial charge is 0.328 e. The van der Waals surface area contributed by atoms with Crippen LogP contribution < -0.4 is 10.6 Å². The van der Waals surface area contributed by atoms with Crippen LogP contribution in [0.5, 0.6) is 0 Å². The van der Waals surface area contributed by atoms with Gasteiger partial charge >= 0.3 is 5.97 Å². The number of ether oxygens (including phenoxy) is 1. The number of amides is 2.